The van der Waals surface area contributed by atoms with Crippen molar-refractivity contribution in [3.63, 3.8) is 0 Å². The molecule has 2 aliphatic rings. The lowest BCUT2D eigenvalue weighted by Crippen LogP contribution is -2.44. The van der Waals surface area contributed by atoms with Crippen molar-refractivity contribution >= 4 is 5.91 Å². The van der Waals surface area contributed by atoms with Crippen LogP contribution in [0.4, 0.5) is 0 Å². The van der Waals surface area contributed by atoms with Gasteiger partial charge in [0.05, 0.1) is 6.04 Å². The first kappa shape index (κ1) is 11.7. The van der Waals surface area contributed by atoms with Gasteiger partial charge in [0.1, 0.15) is 0 Å². The Morgan fingerprint density at radius 2 is 2.00 bits per heavy atom. The molecular formula is C15H20N2O. The number of benzene rings is 1. The number of hydrogen-bond acceptors (Lipinski definition) is 2. The van der Waals surface area contributed by atoms with Gasteiger partial charge in [-0.25, -0.2) is 0 Å². The Morgan fingerprint density at radius 3 is 2.83 bits per heavy atom. The van der Waals surface area contributed by atoms with Crippen molar-refractivity contribution in [2.45, 2.75) is 43.7 Å². The zero-order chi connectivity index (χ0) is 12.4. The van der Waals surface area contributed by atoms with Gasteiger partial charge < -0.3 is 10.6 Å². The van der Waals surface area contributed by atoms with Gasteiger partial charge in [0.25, 0.3) is 0 Å². The molecule has 2 fully saturated rings. The number of amides is 1. The van der Waals surface area contributed by atoms with E-state index in [0.29, 0.717) is 12.0 Å². The monoisotopic (exact) mass is 244 g/mol. The third kappa shape index (κ3) is 2.56. The summed E-state index contributed by atoms with van der Waals surface area (Å²) in [5.41, 5.74) is 1.39. The van der Waals surface area contributed by atoms with E-state index in [9.17, 15) is 4.79 Å². The highest BCUT2D eigenvalue weighted by Crippen LogP contribution is 2.41. The maximum absolute atomic E-state index is 11.8. The van der Waals surface area contributed by atoms with E-state index >= 15 is 0 Å². The summed E-state index contributed by atoms with van der Waals surface area (Å²) in [6.07, 6.45) is 4.38. The van der Waals surface area contributed by atoms with Crippen LogP contribution >= 0.6 is 0 Å². The molecule has 1 amide bonds. The van der Waals surface area contributed by atoms with E-state index in [0.717, 1.165) is 32.2 Å². The molecule has 0 bridgehead atoms. The molecular weight excluding hydrogens is 224 g/mol. The average Bonchev–Trinajstić information content (AvgIpc) is 3.18. The predicted molar refractivity (Wildman–Crippen MR) is 71.4 cm³/mol. The van der Waals surface area contributed by atoms with Gasteiger partial charge in [-0.3, -0.25) is 4.79 Å². The molecule has 1 aliphatic carbocycles. The molecule has 0 aromatic heterocycles. The molecule has 0 spiro atoms. The number of carbonyl (C=O) groups excluding carboxylic acids is 1. The highest BCUT2D eigenvalue weighted by atomic mass is 16.2. The van der Waals surface area contributed by atoms with Crippen molar-refractivity contribution in [3.05, 3.63) is 35.9 Å². The summed E-state index contributed by atoms with van der Waals surface area (Å²) in [4.78, 5) is 11.8. The molecule has 3 atom stereocenters. The minimum Gasteiger partial charge on any atom is -0.355 e. The molecule has 3 nitrogen and oxygen atoms in total. The third-order valence-corrected chi connectivity index (χ3v) is 3.97. The lowest BCUT2D eigenvalue weighted by molar-refractivity contribution is -0.122. The fourth-order valence-electron chi connectivity index (χ4n) is 2.80. The van der Waals surface area contributed by atoms with Crippen molar-refractivity contribution in [2.75, 3.05) is 6.54 Å². The molecule has 3 unspecified atom stereocenters. The number of carbonyl (C=O) groups is 1. The van der Waals surface area contributed by atoms with E-state index in [4.69, 9.17) is 0 Å². The van der Waals surface area contributed by atoms with E-state index in [-0.39, 0.29) is 11.9 Å². The minimum atomic E-state index is 0.0196. The normalized spacial score (nSPS) is 31.6. The van der Waals surface area contributed by atoms with Crippen LogP contribution in [0.15, 0.2) is 30.3 Å². The van der Waals surface area contributed by atoms with Gasteiger partial charge in [-0.1, -0.05) is 30.3 Å². The van der Waals surface area contributed by atoms with Gasteiger partial charge in [0.2, 0.25) is 5.91 Å². The molecule has 1 heterocycles. The first-order chi connectivity index (χ1) is 8.84. The van der Waals surface area contributed by atoms with Crippen LogP contribution in [0.1, 0.15) is 37.2 Å². The predicted octanol–water partition coefficient (Wildman–Crippen LogP) is 1.80. The van der Waals surface area contributed by atoms with Crippen molar-refractivity contribution in [3.8, 4) is 0 Å². The summed E-state index contributed by atoms with van der Waals surface area (Å²) >= 11 is 0. The van der Waals surface area contributed by atoms with Crippen LogP contribution in [-0.4, -0.2) is 24.5 Å². The maximum Gasteiger partial charge on any atom is 0.237 e. The Balaban J connectivity index is 1.57. The number of hydrogen-bond donors (Lipinski definition) is 2. The molecule has 1 aromatic rings. The number of rotatable bonds is 3. The Morgan fingerprint density at radius 1 is 1.17 bits per heavy atom. The lowest BCUT2D eigenvalue weighted by Gasteiger charge is -2.15. The maximum atomic E-state index is 11.8. The molecule has 0 radical (unpaired) electrons. The van der Waals surface area contributed by atoms with Gasteiger partial charge in [-0.15, -0.1) is 0 Å². The Hall–Kier alpha value is -1.35. The standard InChI is InChI=1S/C15H20N2O/c18-15-13(8-4-5-9-16-15)17-14-10-12(14)11-6-2-1-3-7-11/h1-3,6-7,12-14,17H,4-5,8-10H2,(H,16,18). The summed E-state index contributed by atoms with van der Waals surface area (Å²) in [5.74, 6) is 0.786. The summed E-state index contributed by atoms with van der Waals surface area (Å²) in [7, 11) is 0. The van der Waals surface area contributed by atoms with E-state index in [1.807, 2.05) is 6.07 Å². The SMILES string of the molecule is O=C1NCCCCC1NC1CC1c1ccccc1. The zero-order valence-corrected chi connectivity index (χ0v) is 10.6. The number of nitrogens with one attached hydrogen (secondary N) is 2. The molecule has 1 aliphatic heterocycles. The Bertz CT molecular complexity index is 418. The summed E-state index contributed by atoms with van der Waals surface area (Å²) < 4.78 is 0. The van der Waals surface area contributed by atoms with Crippen LogP contribution < -0.4 is 10.6 Å². The fraction of sp³-hybridized carbons (Fsp3) is 0.533. The molecule has 3 heteroatoms. The Labute approximate surface area is 108 Å². The smallest absolute Gasteiger partial charge is 0.237 e. The molecule has 96 valence electrons. The molecule has 2 N–H and O–H groups in total. The van der Waals surface area contributed by atoms with Gasteiger partial charge in [-0.2, -0.15) is 0 Å². The minimum absolute atomic E-state index is 0.0196. The fourth-order valence-corrected chi connectivity index (χ4v) is 2.80. The first-order valence-electron chi connectivity index (χ1n) is 6.93. The first-order valence-corrected chi connectivity index (χ1v) is 6.93. The summed E-state index contributed by atoms with van der Waals surface area (Å²) in [5, 5.41) is 6.50. The van der Waals surface area contributed by atoms with Gasteiger partial charge in [0, 0.05) is 18.5 Å². The molecule has 18 heavy (non-hydrogen) atoms. The highest BCUT2D eigenvalue weighted by molar-refractivity contribution is 5.82. The highest BCUT2D eigenvalue weighted by Gasteiger charge is 2.40. The van der Waals surface area contributed by atoms with E-state index in [1.165, 1.54) is 5.56 Å². The van der Waals surface area contributed by atoms with Gasteiger partial charge in [0.15, 0.2) is 0 Å². The quantitative estimate of drug-likeness (QED) is 0.851. The lowest BCUT2D eigenvalue weighted by atomic mass is 10.1. The second kappa shape index (κ2) is 5.11. The van der Waals surface area contributed by atoms with Crippen LogP contribution in [0.2, 0.25) is 0 Å². The van der Waals surface area contributed by atoms with E-state index in [2.05, 4.69) is 34.9 Å². The average molecular weight is 244 g/mol. The van der Waals surface area contributed by atoms with Crippen LogP contribution in [-0.2, 0) is 4.79 Å². The van der Waals surface area contributed by atoms with Crippen LogP contribution in [0.5, 0.6) is 0 Å². The van der Waals surface area contributed by atoms with Crippen LogP contribution in [0.3, 0.4) is 0 Å². The zero-order valence-electron chi connectivity index (χ0n) is 10.6. The van der Waals surface area contributed by atoms with Crippen molar-refractivity contribution < 1.29 is 4.79 Å². The summed E-state index contributed by atoms with van der Waals surface area (Å²) in [6.45, 7) is 0.837. The largest absolute Gasteiger partial charge is 0.355 e. The van der Waals surface area contributed by atoms with Crippen molar-refractivity contribution in [1.82, 2.24) is 10.6 Å². The molecule has 3 rings (SSSR count). The molecule has 1 saturated heterocycles. The van der Waals surface area contributed by atoms with Gasteiger partial charge >= 0.3 is 0 Å². The second-order valence-corrected chi connectivity index (χ2v) is 5.37. The van der Waals surface area contributed by atoms with Crippen molar-refractivity contribution in [1.29, 1.82) is 0 Å². The molecule has 1 saturated carbocycles. The van der Waals surface area contributed by atoms with E-state index in [1.54, 1.807) is 0 Å². The topological polar surface area (TPSA) is 41.1 Å². The second-order valence-electron chi connectivity index (χ2n) is 5.37. The van der Waals surface area contributed by atoms with Crippen molar-refractivity contribution in [2.24, 2.45) is 0 Å². The van der Waals surface area contributed by atoms with E-state index < -0.39 is 0 Å². The van der Waals surface area contributed by atoms with Crippen LogP contribution in [0.25, 0.3) is 0 Å². The Kier molecular flexibility index (Phi) is 3.33. The summed E-state index contributed by atoms with van der Waals surface area (Å²) in [6, 6.07) is 11.1. The van der Waals surface area contributed by atoms with Gasteiger partial charge in [-0.05, 0) is 31.2 Å². The van der Waals surface area contributed by atoms with Crippen LogP contribution in [0, 0.1) is 0 Å². The molecule has 1 aromatic carbocycles. The third-order valence-electron chi connectivity index (χ3n) is 3.97.